The van der Waals surface area contributed by atoms with E-state index in [1.807, 2.05) is 0 Å². The molecule has 1 fully saturated rings. The quantitative estimate of drug-likeness (QED) is 0.836. The minimum Gasteiger partial charge on any atom is -0.376 e. The maximum absolute atomic E-state index is 5.61. The number of nitrogens with zero attached hydrogens (tertiary/aromatic N) is 1. The van der Waals surface area contributed by atoms with Gasteiger partial charge in [0.1, 0.15) is 0 Å². The molecule has 1 aromatic rings. The number of nitrogens with one attached hydrogen (secondary N) is 1. The summed E-state index contributed by atoms with van der Waals surface area (Å²) in [6.45, 7) is 3.68. The number of hydrogen-bond donors (Lipinski definition) is 1. The number of thiocarbonyl (C=S) groups is 1. The zero-order chi connectivity index (χ0) is 13.1. The maximum Gasteiger partial charge on any atom is 0.169 e. The summed E-state index contributed by atoms with van der Waals surface area (Å²) in [5.41, 5.74) is 2.86. The van der Waals surface area contributed by atoms with Gasteiger partial charge in [0.2, 0.25) is 0 Å². The fourth-order valence-corrected chi connectivity index (χ4v) is 3.03. The molecule has 2 aliphatic rings. The molecule has 102 valence electrons. The van der Waals surface area contributed by atoms with E-state index in [2.05, 4.69) is 34.5 Å². The second-order valence-corrected chi connectivity index (χ2v) is 5.65. The van der Waals surface area contributed by atoms with Gasteiger partial charge in [0.25, 0.3) is 0 Å². The van der Waals surface area contributed by atoms with Crippen molar-refractivity contribution >= 4 is 17.3 Å². The van der Waals surface area contributed by atoms with E-state index in [-0.39, 0.29) is 0 Å². The van der Waals surface area contributed by atoms with E-state index in [9.17, 15) is 0 Å². The Balaban J connectivity index is 1.54. The van der Waals surface area contributed by atoms with Crippen LogP contribution in [0.25, 0.3) is 0 Å². The number of benzene rings is 1. The summed E-state index contributed by atoms with van der Waals surface area (Å²) < 4.78 is 5.61. The van der Waals surface area contributed by atoms with Crippen molar-refractivity contribution in [1.29, 1.82) is 0 Å². The molecule has 3 rings (SSSR count). The van der Waals surface area contributed by atoms with Gasteiger partial charge >= 0.3 is 0 Å². The lowest BCUT2D eigenvalue weighted by Gasteiger charge is -2.31. The van der Waals surface area contributed by atoms with E-state index in [4.69, 9.17) is 17.0 Å². The van der Waals surface area contributed by atoms with Crippen LogP contribution < -0.4 is 5.32 Å². The van der Waals surface area contributed by atoms with Crippen molar-refractivity contribution in [1.82, 2.24) is 10.2 Å². The van der Waals surface area contributed by atoms with Crippen LogP contribution in [0.4, 0.5) is 0 Å². The molecule has 1 atom stereocenters. The third-order valence-electron chi connectivity index (χ3n) is 3.92. The molecule has 2 heterocycles. The molecule has 4 heteroatoms. The lowest BCUT2D eigenvalue weighted by molar-refractivity contribution is 0.113. The first-order chi connectivity index (χ1) is 9.33. The van der Waals surface area contributed by atoms with Crippen molar-refractivity contribution in [3.05, 3.63) is 35.4 Å². The third-order valence-corrected chi connectivity index (χ3v) is 4.33. The van der Waals surface area contributed by atoms with Gasteiger partial charge < -0.3 is 15.0 Å². The molecular formula is C15H20N2OS. The van der Waals surface area contributed by atoms with Gasteiger partial charge in [-0.1, -0.05) is 24.3 Å². The molecule has 0 saturated carbocycles. The van der Waals surface area contributed by atoms with Crippen LogP contribution in [-0.2, 0) is 17.7 Å². The van der Waals surface area contributed by atoms with Crippen LogP contribution in [0.3, 0.4) is 0 Å². The van der Waals surface area contributed by atoms with Crippen LogP contribution in [0.2, 0.25) is 0 Å². The summed E-state index contributed by atoms with van der Waals surface area (Å²) in [5.74, 6) is 0. The van der Waals surface area contributed by atoms with Crippen molar-refractivity contribution in [2.45, 2.75) is 31.9 Å². The van der Waals surface area contributed by atoms with Crippen LogP contribution >= 0.6 is 12.2 Å². The Hall–Kier alpha value is -1.13. The van der Waals surface area contributed by atoms with Gasteiger partial charge in [-0.05, 0) is 42.6 Å². The highest BCUT2D eigenvalue weighted by atomic mass is 32.1. The van der Waals surface area contributed by atoms with Crippen LogP contribution in [0, 0.1) is 0 Å². The van der Waals surface area contributed by atoms with Crippen molar-refractivity contribution in [3.63, 3.8) is 0 Å². The van der Waals surface area contributed by atoms with Gasteiger partial charge in [-0.2, -0.15) is 0 Å². The molecule has 2 aliphatic heterocycles. The average Bonchev–Trinajstić information content (AvgIpc) is 2.97. The maximum atomic E-state index is 5.61. The number of hydrogen-bond acceptors (Lipinski definition) is 2. The third kappa shape index (κ3) is 3.07. The van der Waals surface area contributed by atoms with Crippen LogP contribution in [-0.4, -0.2) is 35.8 Å². The second-order valence-electron chi connectivity index (χ2n) is 5.26. The summed E-state index contributed by atoms with van der Waals surface area (Å²) >= 11 is 5.50. The predicted molar refractivity (Wildman–Crippen MR) is 80.1 cm³/mol. The van der Waals surface area contributed by atoms with Crippen LogP contribution in [0.5, 0.6) is 0 Å². The normalized spacial score (nSPS) is 22.1. The van der Waals surface area contributed by atoms with E-state index in [1.165, 1.54) is 17.5 Å². The molecule has 0 spiro atoms. The van der Waals surface area contributed by atoms with E-state index in [1.54, 1.807) is 0 Å². The van der Waals surface area contributed by atoms with Crippen molar-refractivity contribution < 1.29 is 4.74 Å². The lowest BCUT2D eigenvalue weighted by atomic mass is 10.0. The molecule has 1 N–H and O–H groups in total. The summed E-state index contributed by atoms with van der Waals surface area (Å²) in [4.78, 5) is 2.26. The minimum absolute atomic E-state index is 0.343. The fourth-order valence-electron chi connectivity index (χ4n) is 2.79. The van der Waals surface area contributed by atoms with Gasteiger partial charge in [0.15, 0.2) is 5.11 Å². The molecule has 0 amide bonds. The van der Waals surface area contributed by atoms with Gasteiger partial charge in [0.05, 0.1) is 6.10 Å². The highest BCUT2D eigenvalue weighted by Crippen LogP contribution is 2.18. The second kappa shape index (κ2) is 5.88. The topological polar surface area (TPSA) is 24.5 Å². The highest BCUT2D eigenvalue weighted by molar-refractivity contribution is 7.80. The average molecular weight is 276 g/mol. The first kappa shape index (κ1) is 12.9. The SMILES string of the molecule is S=C(NC[C@@H]1CCCO1)N1CCc2ccccc2C1. The Kier molecular flexibility index (Phi) is 3.99. The first-order valence-corrected chi connectivity index (χ1v) is 7.45. The molecular weight excluding hydrogens is 256 g/mol. The Bertz CT molecular complexity index is 457. The summed E-state index contributed by atoms with van der Waals surface area (Å²) in [6.07, 6.45) is 3.75. The fraction of sp³-hybridized carbons (Fsp3) is 0.533. The molecule has 0 aromatic heterocycles. The first-order valence-electron chi connectivity index (χ1n) is 7.04. The monoisotopic (exact) mass is 276 g/mol. The Morgan fingerprint density at radius 3 is 3.00 bits per heavy atom. The largest absolute Gasteiger partial charge is 0.376 e. The predicted octanol–water partition coefficient (Wildman–Crippen LogP) is 2.10. The summed E-state index contributed by atoms with van der Waals surface area (Å²) in [7, 11) is 0. The van der Waals surface area contributed by atoms with Crippen molar-refractivity contribution in [2.24, 2.45) is 0 Å². The highest BCUT2D eigenvalue weighted by Gasteiger charge is 2.20. The van der Waals surface area contributed by atoms with E-state index >= 15 is 0 Å². The zero-order valence-electron chi connectivity index (χ0n) is 11.1. The lowest BCUT2D eigenvalue weighted by Crippen LogP contribution is -2.44. The molecule has 0 unspecified atom stereocenters. The van der Waals surface area contributed by atoms with Gasteiger partial charge in [-0.15, -0.1) is 0 Å². The molecule has 0 aliphatic carbocycles. The van der Waals surface area contributed by atoms with Crippen LogP contribution in [0.1, 0.15) is 24.0 Å². The standard InChI is InChI=1S/C15H20N2OS/c19-15(16-10-14-6-3-9-18-14)17-8-7-12-4-1-2-5-13(12)11-17/h1-2,4-5,14H,3,6-11H2,(H,16,19)/t14-/m0/s1. The van der Waals surface area contributed by atoms with Gasteiger partial charge in [-0.3, -0.25) is 0 Å². The Morgan fingerprint density at radius 2 is 2.21 bits per heavy atom. The molecule has 0 radical (unpaired) electrons. The molecule has 1 aromatic carbocycles. The zero-order valence-corrected chi connectivity index (χ0v) is 11.9. The van der Waals surface area contributed by atoms with Crippen molar-refractivity contribution in [3.8, 4) is 0 Å². The number of rotatable bonds is 2. The number of ether oxygens (including phenoxy) is 1. The molecule has 0 bridgehead atoms. The number of fused-ring (bicyclic) bond motifs is 1. The van der Waals surface area contributed by atoms with Gasteiger partial charge in [0, 0.05) is 26.2 Å². The molecule has 3 nitrogen and oxygen atoms in total. The Labute approximate surface area is 119 Å². The Morgan fingerprint density at radius 1 is 1.37 bits per heavy atom. The molecule has 19 heavy (non-hydrogen) atoms. The van der Waals surface area contributed by atoms with Crippen molar-refractivity contribution in [2.75, 3.05) is 19.7 Å². The van der Waals surface area contributed by atoms with E-state index in [0.717, 1.165) is 44.2 Å². The molecule has 1 saturated heterocycles. The van der Waals surface area contributed by atoms with E-state index < -0.39 is 0 Å². The summed E-state index contributed by atoms with van der Waals surface area (Å²) in [5, 5.41) is 4.22. The van der Waals surface area contributed by atoms with E-state index in [0.29, 0.717) is 6.10 Å². The summed E-state index contributed by atoms with van der Waals surface area (Å²) in [6, 6.07) is 8.63. The van der Waals surface area contributed by atoms with Crippen LogP contribution in [0.15, 0.2) is 24.3 Å². The smallest absolute Gasteiger partial charge is 0.169 e. The minimum atomic E-state index is 0.343. The van der Waals surface area contributed by atoms with Gasteiger partial charge in [-0.25, -0.2) is 0 Å².